The predicted molar refractivity (Wildman–Crippen MR) is 115 cm³/mol. The van der Waals surface area contributed by atoms with E-state index in [1.54, 1.807) is 6.07 Å². The number of rotatable bonds is 18. The molecule has 0 aliphatic carbocycles. The number of ether oxygens (including phenoxy) is 2. The highest BCUT2D eigenvalue weighted by atomic mass is 16.5. The second-order valence-corrected chi connectivity index (χ2v) is 7.36. The second-order valence-electron chi connectivity index (χ2n) is 7.36. The minimum absolute atomic E-state index is 0.525. The minimum atomic E-state index is 0.525. The molecule has 0 bridgehead atoms. The van der Waals surface area contributed by atoms with Gasteiger partial charge in [0.15, 0.2) is 6.29 Å². The van der Waals surface area contributed by atoms with Crippen LogP contribution in [0.4, 0.5) is 0 Å². The third-order valence-corrected chi connectivity index (χ3v) is 4.91. The molecule has 0 aromatic heterocycles. The lowest BCUT2D eigenvalue weighted by molar-refractivity contribution is 0.110. The van der Waals surface area contributed by atoms with E-state index in [1.165, 1.54) is 25.7 Å². The van der Waals surface area contributed by atoms with Crippen LogP contribution in [-0.4, -0.2) is 32.4 Å². The highest BCUT2D eigenvalue weighted by Gasteiger charge is 2.10. The lowest BCUT2D eigenvalue weighted by atomic mass is 9.99. The first-order valence-electron chi connectivity index (χ1n) is 11.0. The molecule has 0 saturated heterocycles. The van der Waals surface area contributed by atoms with Crippen LogP contribution in [0.5, 0.6) is 5.75 Å². The minimum Gasteiger partial charge on any atom is -0.493 e. The largest absolute Gasteiger partial charge is 0.493 e. The predicted octanol–water partition coefficient (Wildman–Crippen LogP) is 6.19. The summed E-state index contributed by atoms with van der Waals surface area (Å²) < 4.78 is 11.4. The van der Waals surface area contributed by atoms with Gasteiger partial charge in [-0.2, -0.15) is 0 Å². The fourth-order valence-corrected chi connectivity index (χ4v) is 3.14. The van der Waals surface area contributed by atoms with Crippen LogP contribution in [0.2, 0.25) is 0 Å². The number of carbonyl (C=O) groups is 2. The van der Waals surface area contributed by atoms with Crippen LogP contribution < -0.4 is 4.74 Å². The molecule has 4 heteroatoms. The number of hydrogen-bond donors (Lipinski definition) is 0. The number of hydrogen-bond acceptors (Lipinski definition) is 4. The average molecular weight is 391 g/mol. The van der Waals surface area contributed by atoms with Crippen LogP contribution in [0.25, 0.3) is 0 Å². The maximum Gasteiger partial charge on any atom is 0.153 e. The smallest absolute Gasteiger partial charge is 0.153 e. The summed E-state index contributed by atoms with van der Waals surface area (Å²) in [4.78, 5) is 23.0. The lowest BCUT2D eigenvalue weighted by Crippen LogP contribution is -2.04. The van der Waals surface area contributed by atoms with E-state index in [0.29, 0.717) is 23.5 Å². The molecule has 0 atom stereocenters. The van der Waals surface area contributed by atoms with Gasteiger partial charge in [-0.1, -0.05) is 52.4 Å². The molecule has 0 N–H and O–H groups in total. The highest BCUT2D eigenvalue weighted by molar-refractivity contribution is 5.85. The van der Waals surface area contributed by atoms with Crippen LogP contribution in [0.1, 0.15) is 104 Å². The molecular formula is C24H38O4. The zero-order valence-corrected chi connectivity index (χ0v) is 17.8. The molecule has 4 nitrogen and oxygen atoms in total. The van der Waals surface area contributed by atoms with E-state index in [2.05, 4.69) is 13.8 Å². The molecule has 1 aromatic rings. The van der Waals surface area contributed by atoms with Crippen LogP contribution >= 0.6 is 0 Å². The van der Waals surface area contributed by atoms with Crippen molar-refractivity contribution in [3.05, 3.63) is 28.8 Å². The van der Waals surface area contributed by atoms with Gasteiger partial charge in [-0.15, -0.1) is 0 Å². The van der Waals surface area contributed by atoms with Gasteiger partial charge in [0.1, 0.15) is 12.0 Å². The molecule has 1 rings (SSSR count). The van der Waals surface area contributed by atoms with Crippen molar-refractivity contribution in [1.29, 1.82) is 0 Å². The molecular weight excluding hydrogens is 352 g/mol. The van der Waals surface area contributed by atoms with Gasteiger partial charge in [0, 0.05) is 18.8 Å². The van der Waals surface area contributed by atoms with E-state index in [4.69, 9.17) is 9.47 Å². The Bertz CT molecular complexity index is 504. The van der Waals surface area contributed by atoms with Gasteiger partial charge in [0.2, 0.25) is 0 Å². The quantitative estimate of drug-likeness (QED) is 0.221. The van der Waals surface area contributed by atoms with Gasteiger partial charge in [-0.05, 0) is 49.8 Å². The molecule has 0 aliphatic rings. The maximum atomic E-state index is 11.5. The molecule has 158 valence electrons. The number of aldehydes is 2. The fourth-order valence-electron chi connectivity index (χ4n) is 3.14. The van der Waals surface area contributed by atoms with Crippen LogP contribution in [-0.2, 0) is 11.2 Å². The molecule has 0 radical (unpaired) electrons. The summed E-state index contributed by atoms with van der Waals surface area (Å²) in [5.74, 6) is 0.525. The molecule has 1 aromatic carbocycles. The van der Waals surface area contributed by atoms with E-state index < -0.39 is 0 Å². The summed E-state index contributed by atoms with van der Waals surface area (Å²) in [6.45, 7) is 6.50. The van der Waals surface area contributed by atoms with Crippen molar-refractivity contribution in [2.45, 2.75) is 84.5 Å². The summed E-state index contributed by atoms with van der Waals surface area (Å²) in [7, 11) is 0. The average Bonchev–Trinajstić information content (AvgIpc) is 2.72. The van der Waals surface area contributed by atoms with Gasteiger partial charge >= 0.3 is 0 Å². The van der Waals surface area contributed by atoms with Gasteiger partial charge in [-0.3, -0.25) is 9.59 Å². The Kier molecular flexibility index (Phi) is 14.2. The lowest BCUT2D eigenvalue weighted by Gasteiger charge is -2.12. The van der Waals surface area contributed by atoms with E-state index in [-0.39, 0.29) is 0 Å². The fraction of sp³-hybridized carbons (Fsp3) is 0.667. The van der Waals surface area contributed by atoms with Crippen molar-refractivity contribution in [2.75, 3.05) is 19.8 Å². The van der Waals surface area contributed by atoms with Crippen molar-refractivity contribution in [3.63, 3.8) is 0 Å². The number of carbonyl (C=O) groups excluding carboxylic acids is 2. The first-order valence-corrected chi connectivity index (χ1v) is 11.0. The third-order valence-electron chi connectivity index (χ3n) is 4.91. The van der Waals surface area contributed by atoms with Crippen LogP contribution in [0.15, 0.2) is 12.1 Å². The third kappa shape index (κ3) is 10.0. The molecule has 0 unspecified atom stereocenters. The summed E-state index contributed by atoms with van der Waals surface area (Å²) in [6, 6.07) is 3.53. The molecule has 0 aliphatic heterocycles. The van der Waals surface area contributed by atoms with Crippen molar-refractivity contribution in [3.8, 4) is 5.75 Å². The van der Waals surface area contributed by atoms with Gasteiger partial charge < -0.3 is 9.47 Å². The Morgan fingerprint density at radius 2 is 1.36 bits per heavy atom. The number of benzene rings is 1. The first-order chi connectivity index (χ1) is 13.8. The molecule has 0 saturated carbocycles. The van der Waals surface area contributed by atoms with Gasteiger partial charge in [-0.25, -0.2) is 0 Å². The topological polar surface area (TPSA) is 52.6 Å². The first kappa shape index (κ1) is 24.4. The molecule has 28 heavy (non-hydrogen) atoms. The van der Waals surface area contributed by atoms with Crippen LogP contribution in [0.3, 0.4) is 0 Å². The summed E-state index contributed by atoms with van der Waals surface area (Å²) >= 11 is 0. The Morgan fingerprint density at radius 1 is 0.714 bits per heavy atom. The molecule has 0 fully saturated rings. The SMILES string of the molecule is CCCCCCCCOc1cc(C=O)c(CCCCOCCCC)cc1C=O. The van der Waals surface area contributed by atoms with Gasteiger partial charge in [0.25, 0.3) is 0 Å². The zero-order chi connectivity index (χ0) is 20.5. The second kappa shape index (κ2) is 16.3. The van der Waals surface area contributed by atoms with Crippen molar-refractivity contribution >= 4 is 12.6 Å². The maximum absolute atomic E-state index is 11.5. The Labute approximate surface area is 171 Å². The Hall–Kier alpha value is -1.68. The van der Waals surface area contributed by atoms with E-state index in [1.807, 2.05) is 6.07 Å². The standard InChI is InChI=1S/C24H38O4/c1-3-5-7-8-9-11-16-28-24-18-22(19-25)21(17-23(24)20-26)13-10-12-15-27-14-6-4-2/h17-20H,3-16H2,1-2H3. The van der Waals surface area contributed by atoms with E-state index >= 15 is 0 Å². The number of unbranched alkanes of at least 4 members (excludes halogenated alkanes) is 7. The van der Waals surface area contributed by atoms with Crippen molar-refractivity contribution in [2.24, 2.45) is 0 Å². The zero-order valence-electron chi connectivity index (χ0n) is 17.8. The van der Waals surface area contributed by atoms with E-state index in [9.17, 15) is 9.59 Å². The normalized spacial score (nSPS) is 10.8. The summed E-state index contributed by atoms with van der Waals surface area (Å²) in [5.41, 5.74) is 2.07. The molecule has 0 spiro atoms. The highest BCUT2D eigenvalue weighted by Crippen LogP contribution is 2.24. The van der Waals surface area contributed by atoms with E-state index in [0.717, 1.165) is 76.3 Å². The summed E-state index contributed by atoms with van der Waals surface area (Å²) in [5, 5.41) is 0. The van der Waals surface area contributed by atoms with Gasteiger partial charge in [0.05, 0.1) is 12.2 Å². The Morgan fingerprint density at radius 3 is 2.07 bits per heavy atom. The van der Waals surface area contributed by atoms with Crippen molar-refractivity contribution < 1.29 is 19.1 Å². The van der Waals surface area contributed by atoms with Crippen LogP contribution in [0, 0.1) is 0 Å². The number of aryl methyl sites for hydroxylation is 1. The molecule has 0 heterocycles. The Balaban J connectivity index is 2.48. The molecule has 0 amide bonds. The monoisotopic (exact) mass is 390 g/mol. The van der Waals surface area contributed by atoms with Crippen molar-refractivity contribution in [1.82, 2.24) is 0 Å². The summed E-state index contributed by atoms with van der Waals surface area (Å²) in [6.07, 6.45) is 13.7.